The van der Waals surface area contributed by atoms with Crippen molar-refractivity contribution < 1.29 is 14.6 Å². The van der Waals surface area contributed by atoms with Gasteiger partial charge in [-0.3, -0.25) is 4.98 Å². The van der Waals surface area contributed by atoms with Crippen LogP contribution < -0.4 is 4.74 Å². The van der Waals surface area contributed by atoms with E-state index in [1.165, 1.54) is 0 Å². The molecular formula is C11H18N2O3. The van der Waals surface area contributed by atoms with Crippen LogP contribution in [0.15, 0.2) is 12.4 Å². The van der Waals surface area contributed by atoms with Gasteiger partial charge in [0, 0.05) is 6.42 Å². The predicted molar refractivity (Wildman–Crippen MR) is 59.1 cm³/mol. The molecule has 0 aliphatic carbocycles. The molecule has 90 valence electrons. The summed E-state index contributed by atoms with van der Waals surface area (Å²) < 4.78 is 10.5. The summed E-state index contributed by atoms with van der Waals surface area (Å²) in [6, 6.07) is 0. The Hall–Kier alpha value is -1.20. The van der Waals surface area contributed by atoms with E-state index in [4.69, 9.17) is 9.47 Å². The van der Waals surface area contributed by atoms with Gasteiger partial charge in [0.1, 0.15) is 0 Å². The zero-order valence-electron chi connectivity index (χ0n) is 9.93. The molecule has 0 aromatic carbocycles. The third kappa shape index (κ3) is 5.63. The van der Waals surface area contributed by atoms with Crippen molar-refractivity contribution in [3.63, 3.8) is 0 Å². The van der Waals surface area contributed by atoms with E-state index < -0.39 is 5.79 Å². The van der Waals surface area contributed by atoms with Crippen LogP contribution in [0, 0.1) is 6.92 Å². The summed E-state index contributed by atoms with van der Waals surface area (Å²) in [6.07, 6.45) is 3.94. The lowest BCUT2D eigenvalue weighted by Gasteiger charge is -2.17. The minimum Gasteiger partial charge on any atom is -0.476 e. The highest BCUT2D eigenvalue weighted by Gasteiger charge is 2.11. The Morgan fingerprint density at radius 2 is 2.00 bits per heavy atom. The highest BCUT2D eigenvalue weighted by molar-refractivity contribution is 5.05. The van der Waals surface area contributed by atoms with Gasteiger partial charge in [0.15, 0.2) is 5.79 Å². The van der Waals surface area contributed by atoms with Gasteiger partial charge >= 0.3 is 0 Å². The topological polar surface area (TPSA) is 64.5 Å². The second-order valence-electron chi connectivity index (χ2n) is 3.99. The van der Waals surface area contributed by atoms with E-state index in [1.807, 2.05) is 6.92 Å². The summed E-state index contributed by atoms with van der Waals surface area (Å²) in [4.78, 5) is 8.11. The first-order chi connectivity index (χ1) is 7.47. The van der Waals surface area contributed by atoms with Gasteiger partial charge in [-0.25, -0.2) is 4.98 Å². The Labute approximate surface area is 95.4 Å². The maximum Gasteiger partial charge on any atom is 0.232 e. The molecule has 0 saturated heterocycles. The number of ether oxygens (including phenoxy) is 2. The van der Waals surface area contributed by atoms with Crippen molar-refractivity contribution in [3.8, 4) is 5.88 Å². The molecule has 1 aromatic rings. The summed E-state index contributed by atoms with van der Waals surface area (Å²) in [5.74, 6) is -0.571. The summed E-state index contributed by atoms with van der Waals surface area (Å²) in [5.41, 5.74) is 0.859. The molecule has 1 heterocycles. The minimum atomic E-state index is -1.08. The Morgan fingerprint density at radius 3 is 2.56 bits per heavy atom. The average Bonchev–Trinajstić information content (AvgIpc) is 2.19. The molecule has 0 aliphatic heterocycles. The van der Waals surface area contributed by atoms with Crippen molar-refractivity contribution in [2.24, 2.45) is 0 Å². The fourth-order valence-corrected chi connectivity index (χ4v) is 1.01. The van der Waals surface area contributed by atoms with E-state index in [0.29, 0.717) is 25.5 Å². The van der Waals surface area contributed by atoms with Crippen molar-refractivity contribution in [2.75, 3.05) is 13.2 Å². The molecule has 16 heavy (non-hydrogen) atoms. The van der Waals surface area contributed by atoms with Crippen LogP contribution in [0.4, 0.5) is 0 Å². The second kappa shape index (κ2) is 5.77. The molecule has 0 aliphatic rings. The van der Waals surface area contributed by atoms with Crippen molar-refractivity contribution in [3.05, 3.63) is 18.1 Å². The van der Waals surface area contributed by atoms with Gasteiger partial charge in [0.05, 0.1) is 31.3 Å². The summed E-state index contributed by atoms with van der Waals surface area (Å²) in [5, 5.41) is 9.28. The van der Waals surface area contributed by atoms with Crippen LogP contribution in [-0.2, 0) is 4.74 Å². The third-order valence-corrected chi connectivity index (χ3v) is 1.75. The number of aromatic nitrogens is 2. The van der Waals surface area contributed by atoms with E-state index >= 15 is 0 Å². The number of hydrogen-bond donors (Lipinski definition) is 1. The Balaban J connectivity index is 2.14. The number of rotatable bonds is 6. The van der Waals surface area contributed by atoms with Crippen molar-refractivity contribution in [2.45, 2.75) is 33.0 Å². The molecule has 5 nitrogen and oxygen atoms in total. The lowest BCUT2D eigenvalue weighted by molar-refractivity contribution is -0.176. The van der Waals surface area contributed by atoms with E-state index in [9.17, 15) is 5.11 Å². The Bertz CT molecular complexity index is 306. The smallest absolute Gasteiger partial charge is 0.232 e. The number of hydrogen-bond acceptors (Lipinski definition) is 5. The Kier molecular flexibility index (Phi) is 4.64. The molecule has 0 spiro atoms. The van der Waals surface area contributed by atoms with Gasteiger partial charge in [-0.1, -0.05) is 0 Å². The molecule has 0 radical (unpaired) electrons. The van der Waals surface area contributed by atoms with E-state index in [0.717, 1.165) is 5.69 Å². The average molecular weight is 226 g/mol. The number of aliphatic hydroxyl groups is 1. The zero-order chi connectivity index (χ0) is 12.0. The second-order valence-corrected chi connectivity index (χ2v) is 3.99. The zero-order valence-corrected chi connectivity index (χ0v) is 9.93. The fourth-order valence-electron chi connectivity index (χ4n) is 1.01. The maximum absolute atomic E-state index is 9.28. The van der Waals surface area contributed by atoms with Crippen LogP contribution in [0.5, 0.6) is 5.88 Å². The number of aryl methyl sites for hydroxylation is 1. The normalized spacial score (nSPS) is 11.5. The van der Waals surface area contributed by atoms with E-state index in [-0.39, 0.29) is 0 Å². The van der Waals surface area contributed by atoms with Gasteiger partial charge in [-0.05, 0) is 20.8 Å². The van der Waals surface area contributed by atoms with Crippen LogP contribution in [0.1, 0.15) is 26.0 Å². The summed E-state index contributed by atoms with van der Waals surface area (Å²) >= 11 is 0. The molecule has 5 heteroatoms. The maximum atomic E-state index is 9.28. The molecule has 1 N–H and O–H groups in total. The molecule has 0 bridgehead atoms. The van der Waals surface area contributed by atoms with Crippen LogP contribution in [0.25, 0.3) is 0 Å². The molecule has 0 saturated carbocycles. The lowest BCUT2D eigenvalue weighted by atomic mass is 10.4. The van der Waals surface area contributed by atoms with E-state index in [1.54, 1.807) is 26.2 Å². The highest BCUT2D eigenvalue weighted by Crippen LogP contribution is 2.05. The van der Waals surface area contributed by atoms with Crippen molar-refractivity contribution in [1.29, 1.82) is 0 Å². The highest BCUT2D eigenvalue weighted by atomic mass is 16.6. The van der Waals surface area contributed by atoms with Gasteiger partial charge in [0.2, 0.25) is 5.88 Å². The largest absolute Gasteiger partial charge is 0.476 e. The van der Waals surface area contributed by atoms with Gasteiger partial charge < -0.3 is 14.6 Å². The fraction of sp³-hybridized carbons (Fsp3) is 0.636. The molecule has 0 atom stereocenters. The van der Waals surface area contributed by atoms with Gasteiger partial charge in [-0.15, -0.1) is 0 Å². The molecular weight excluding hydrogens is 208 g/mol. The SMILES string of the molecule is Cc1cnc(OCCCOC(C)(C)O)cn1. The monoisotopic (exact) mass is 226 g/mol. The first kappa shape index (κ1) is 12.9. The van der Waals surface area contributed by atoms with Crippen molar-refractivity contribution in [1.82, 2.24) is 9.97 Å². The predicted octanol–water partition coefficient (Wildman–Crippen LogP) is 1.30. The van der Waals surface area contributed by atoms with Gasteiger partial charge in [-0.2, -0.15) is 0 Å². The minimum absolute atomic E-state index is 0.447. The number of nitrogens with zero attached hydrogens (tertiary/aromatic N) is 2. The van der Waals surface area contributed by atoms with Crippen LogP contribution in [0.3, 0.4) is 0 Å². The van der Waals surface area contributed by atoms with Crippen LogP contribution >= 0.6 is 0 Å². The van der Waals surface area contributed by atoms with Crippen LogP contribution in [0.2, 0.25) is 0 Å². The van der Waals surface area contributed by atoms with Crippen molar-refractivity contribution >= 4 is 0 Å². The molecule has 0 amide bonds. The standard InChI is InChI=1S/C11H18N2O3/c1-9-7-13-10(8-12-9)15-5-4-6-16-11(2,3)14/h7-8,14H,4-6H2,1-3H3. The molecule has 1 rings (SSSR count). The Morgan fingerprint density at radius 1 is 1.25 bits per heavy atom. The quantitative estimate of drug-likeness (QED) is 0.585. The van der Waals surface area contributed by atoms with Gasteiger partial charge in [0.25, 0.3) is 0 Å². The van der Waals surface area contributed by atoms with Crippen LogP contribution in [-0.4, -0.2) is 34.1 Å². The first-order valence-corrected chi connectivity index (χ1v) is 5.25. The lowest BCUT2D eigenvalue weighted by Crippen LogP contribution is -2.24. The molecule has 0 unspecified atom stereocenters. The molecule has 0 fully saturated rings. The third-order valence-electron chi connectivity index (χ3n) is 1.75. The molecule has 1 aromatic heterocycles. The summed E-state index contributed by atoms with van der Waals surface area (Å²) in [7, 11) is 0. The van der Waals surface area contributed by atoms with E-state index in [2.05, 4.69) is 9.97 Å². The first-order valence-electron chi connectivity index (χ1n) is 5.25. The summed E-state index contributed by atoms with van der Waals surface area (Å²) in [6.45, 7) is 6.00.